The van der Waals surface area contributed by atoms with Crippen LogP contribution in [0, 0.1) is 6.92 Å². The molecule has 3 aromatic rings. The van der Waals surface area contributed by atoms with E-state index in [1.165, 1.54) is 16.4 Å². The molecule has 0 radical (unpaired) electrons. The highest BCUT2D eigenvalue weighted by Crippen LogP contribution is 2.30. The lowest BCUT2D eigenvalue weighted by molar-refractivity contribution is 0.384. The Kier molecular flexibility index (Phi) is 5.18. The van der Waals surface area contributed by atoms with Crippen molar-refractivity contribution in [1.29, 1.82) is 0 Å². The summed E-state index contributed by atoms with van der Waals surface area (Å²) in [6.45, 7) is 3.61. The Morgan fingerprint density at radius 1 is 0.929 bits per heavy atom. The summed E-state index contributed by atoms with van der Waals surface area (Å²) in [6, 6.07) is 12.4. The van der Waals surface area contributed by atoms with E-state index >= 15 is 0 Å². The molecule has 0 atom stereocenters. The van der Waals surface area contributed by atoms with E-state index in [-0.39, 0.29) is 9.92 Å². The number of hydrogen-bond donors (Lipinski definition) is 0. The highest BCUT2D eigenvalue weighted by atomic mass is 35.5. The lowest BCUT2D eigenvalue weighted by Crippen LogP contribution is -2.49. The smallest absolute Gasteiger partial charge is 0.244 e. The molecular weight excluding hydrogens is 419 g/mol. The molecule has 6 nitrogen and oxygen atoms in total. The summed E-state index contributed by atoms with van der Waals surface area (Å²) in [5.74, 6) is 0.777. The molecule has 2 heterocycles. The largest absolute Gasteiger partial charge is 0.352 e. The molecule has 1 aromatic heterocycles. The molecule has 9 heteroatoms. The Bertz CT molecular complexity index is 1150. The van der Waals surface area contributed by atoms with Gasteiger partial charge in [-0.3, -0.25) is 0 Å². The molecule has 0 saturated carbocycles. The topological polar surface area (TPSA) is 66.4 Å². The van der Waals surface area contributed by atoms with Gasteiger partial charge in [-0.1, -0.05) is 47.5 Å². The second-order valence-corrected chi connectivity index (χ2v) is 9.37. The van der Waals surface area contributed by atoms with Crippen molar-refractivity contribution >= 4 is 49.8 Å². The van der Waals surface area contributed by atoms with Crippen molar-refractivity contribution in [3.05, 3.63) is 58.2 Å². The third-order valence-corrected chi connectivity index (χ3v) is 7.52. The normalized spacial score (nSPS) is 15.9. The first kappa shape index (κ1) is 19.4. The predicted octanol–water partition coefficient (Wildman–Crippen LogP) is 3.76. The van der Waals surface area contributed by atoms with Crippen molar-refractivity contribution < 1.29 is 8.42 Å². The third kappa shape index (κ3) is 3.43. The van der Waals surface area contributed by atoms with Gasteiger partial charge in [-0.2, -0.15) is 9.40 Å². The summed E-state index contributed by atoms with van der Waals surface area (Å²) in [7, 11) is -3.72. The Morgan fingerprint density at radius 2 is 1.61 bits per heavy atom. The summed E-state index contributed by atoms with van der Waals surface area (Å²) in [5, 5.41) is 11.2. The number of anilines is 1. The van der Waals surface area contributed by atoms with Crippen LogP contribution in [0.15, 0.2) is 47.4 Å². The minimum Gasteiger partial charge on any atom is -0.352 e. The number of fused-ring (bicyclic) bond motifs is 1. The average molecular weight is 437 g/mol. The van der Waals surface area contributed by atoms with Gasteiger partial charge in [0.2, 0.25) is 10.0 Å². The van der Waals surface area contributed by atoms with Gasteiger partial charge in [0.25, 0.3) is 0 Å². The minimum absolute atomic E-state index is 0.0377. The number of piperazine rings is 1. The van der Waals surface area contributed by atoms with E-state index in [4.69, 9.17) is 23.2 Å². The standard InChI is InChI=1S/C19H18Cl2N4O2S/c1-13-15-4-2-3-5-16(15)19(23-22-13)24-8-10-25(11-9-24)28(26,27)18-12-14(20)6-7-17(18)21/h2-7,12H,8-11H2,1H3. The highest BCUT2D eigenvalue weighted by molar-refractivity contribution is 7.89. The van der Waals surface area contributed by atoms with Crippen molar-refractivity contribution in [3.8, 4) is 0 Å². The van der Waals surface area contributed by atoms with Gasteiger partial charge in [0.05, 0.1) is 10.7 Å². The summed E-state index contributed by atoms with van der Waals surface area (Å²) in [6.07, 6.45) is 0. The van der Waals surface area contributed by atoms with Crippen LogP contribution in [0.5, 0.6) is 0 Å². The van der Waals surface area contributed by atoms with Crippen molar-refractivity contribution in [3.63, 3.8) is 0 Å². The fraction of sp³-hybridized carbons (Fsp3) is 0.263. The first-order valence-electron chi connectivity index (χ1n) is 8.80. The maximum absolute atomic E-state index is 13.0. The first-order chi connectivity index (χ1) is 13.4. The zero-order chi connectivity index (χ0) is 19.9. The maximum atomic E-state index is 13.0. The maximum Gasteiger partial charge on any atom is 0.244 e. The Labute approximate surface area is 173 Å². The quantitative estimate of drug-likeness (QED) is 0.625. The first-order valence-corrected chi connectivity index (χ1v) is 11.0. The van der Waals surface area contributed by atoms with Gasteiger partial charge >= 0.3 is 0 Å². The summed E-state index contributed by atoms with van der Waals surface area (Å²) in [4.78, 5) is 2.11. The van der Waals surface area contributed by atoms with Gasteiger partial charge in [0, 0.05) is 42.0 Å². The number of nitrogens with zero attached hydrogens (tertiary/aromatic N) is 4. The Balaban J connectivity index is 1.59. The molecule has 0 bridgehead atoms. The Hall–Kier alpha value is -1.93. The molecule has 4 rings (SSSR count). The van der Waals surface area contributed by atoms with Crippen molar-refractivity contribution in [2.75, 3.05) is 31.1 Å². The van der Waals surface area contributed by atoms with Crippen molar-refractivity contribution in [2.45, 2.75) is 11.8 Å². The second-order valence-electron chi connectivity index (χ2n) is 6.62. The van der Waals surface area contributed by atoms with E-state index in [9.17, 15) is 8.42 Å². The van der Waals surface area contributed by atoms with Crippen molar-refractivity contribution in [1.82, 2.24) is 14.5 Å². The van der Waals surface area contributed by atoms with Gasteiger partial charge in [-0.15, -0.1) is 5.10 Å². The van der Waals surface area contributed by atoms with Crippen LogP contribution in [0.4, 0.5) is 5.82 Å². The zero-order valence-electron chi connectivity index (χ0n) is 15.1. The molecule has 0 N–H and O–H groups in total. The van der Waals surface area contributed by atoms with Gasteiger partial charge in [0.15, 0.2) is 5.82 Å². The van der Waals surface area contributed by atoms with Gasteiger partial charge in [-0.25, -0.2) is 8.42 Å². The number of aromatic nitrogens is 2. The molecule has 1 fully saturated rings. The van der Waals surface area contributed by atoms with Crippen LogP contribution in [0.1, 0.15) is 5.69 Å². The summed E-state index contributed by atoms with van der Waals surface area (Å²) >= 11 is 12.1. The van der Waals surface area contributed by atoms with Gasteiger partial charge in [0.1, 0.15) is 4.90 Å². The Morgan fingerprint density at radius 3 is 2.32 bits per heavy atom. The number of sulfonamides is 1. The van der Waals surface area contributed by atoms with Crippen LogP contribution in [-0.4, -0.2) is 49.1 Å². The molecule has 1 aliphatic heterocycles. The monoisotopic (exact) mass is 436 g/mol. The lowest BCUT2D eigenvalue weighted by atomic mass is 10.1. The average Bonchev–Trinajstić information content (AvgIpc) is 2.70. The van der Waals surface area contributed by atoms with E-state index in [2.05, 4.69) is 15.1 Å². The fourth-order valence-electron chi connectivity index (χ4n) is 3.41. The highest BCUT2D eigenvalue weighted by Gasteiger charge is 2.31. The minimum atomic E-state index is -3.72. The van der Waals surface area contributed by atoms with Gasteiger partial charge < -0.3 is 4.90 Å². The molecule has 146 valence electrons. The fourth-order valence-corrected chi connectivity index (χ4v) is 5.57. The van der Waals surface area contributed by atoms with Crippen LogP contribution >= 0.6 is 23.2 Å². The van der Waals surface area contributed by atoms with Crippen LogP contribution in [0.3, 0.4) is 0 Å². The molecular formula is C19H18Cl2N4O2S. The lowest BCUT2D eigenvalue weighted by Gasteiger charge is -2.35. The number of benzene rings is 2. The SMILES string of the molecule is Cc1nnc(N2CCN(S(=O)(=O)c3cc(Cl)ccc3Cl)CC2)c2ccccc12. The van der Waals surface area contributed by atoms with E-state index in [1.54, 1.807) is 6.07 Å². The van der Waals surface area contributed by atoms with Gasteiger partial charge in [-0.05, 0) is 25.1 Å². The second kappa shape index (κ2) is 7.48. The van der Waals surface area contributed by atoms with Crippen LogP contribution in [0.2, 0.25) is 10.0 Å². The summed E-state index contributed by atoms with van der Waals surface area (Å²) < 4.78 is 27.4. The number of halogens is 2. The van der Waals surface area contributed by atoms with E-state index in [1.807, 2.05) is 31.2 Å². The molecule has 28 heavy (non-hydrogen) atoms. The zero-order valence-corrected chi connectivity index (χ0v) is 17.5. The molecule has 2 aromatic carbocycles. The predicted molar refractivity (Wildman–Crippen MR) is 112 cm³/mol. The third-order valence-electron chi connectivity index (χ3n) is 4.90. The number of rotatable bonds is 3. The van der Waals surface area contributed by atoms with E-state index in [0.717, 1.165) is 22.3 Å². The number of hydrogen-bond acceptors (Lipinski definition) is 5. The molecule has 1 aliphatic rings. The summed E-state index contributed by atoms with van der Waals surface area (Å²) in [5.41, 5.74) is 0.871. The van der Waals surface area contributed by atoms with Crippen LogP contribution in [-0.2, 0) is 10.0 Å². The molecule has 0 spiro atoms. The van der Waals surface area contributed by atoms with E-state index < -0.39 is 10.0 Å². The van der Waals surface area contributed by atoms with Crippen LogP contribution in [0.25, 0.3) is 10.8 Å². The van der Waals surface area contributed by atoms with Crippen molar-refractivity contribution in [2.24, 2.45) is 0 Å². The molecule has 1 saturated heterocycles. The molecule has 0 amide bonds. The molecule has 0 aliphatic carbocycles. The number of aryl methyl sites for hydroxylation is 1. The van der Waals surface area contributed by atoms with Crippen LogP contribution < -0.4 is 4.90 Å². The molecule has 0 unspecified atom stereocenters. The van der Waals surface area contributed by atoms with E-state index in [0.29, 0.717) is 31.2 Å².